The SMILES string of the molecule is [2H]c1cc(C(F)(F)F)c([2H])c(C(C)(C)C)c1C([2H])C(C)(C)C. The van der Waals surface area contributed by atoms with Gasteiger partial charge in [-0.2, -0.15) is 13.2 Å². The molecule has 0 N–H and O–H groups in total. The molecule has 0 aliphatic rings. The molecule has 1 rings (SSSR count). The molecule has 0 radical (unpaired) electrons. The predicted octanol–water partition coefficient (Wildman–Crippen LogP) is 5.59. The lowest BCUT2D eigenvalue weighted by Crippen LogP contribution is -2.20. The third-order valence-electron chi connectivity index (χ3n) is 2.53. The fraction of sp³-hybridized carbons (Fsp3) is 0.625. The first-order chi connectivity index (χ1) is 9.58. The molecule has 1 aromatic rings. The standard InChI is InChI=1S/C16H23F3/c1-14(2,3)10-11-7-8-12(16(17,18)19)9-13(11)15(4,5)6/h7-9H,10H2,1-6H3/i7D,9D,10D. The van der Waals surface area contributed by atoms with Crippen molar-refractivity contribution in [3.8, 4) is 0 Å². The normalized spacial score (nSPS) is 17.6. The van der Waals surface area contributed by atoms with E-state index in [0.29, 0.717) is 6.07 Å². The Bertz CT molecular complexity index is 564. The minimum Gasteiger partial charge on any atom is -0.166 e. The highest BCUT2D eigenvalue weighted by atomic mass is 19.4. The van der Waals surface area contributed by atoms with E-state index in [9.17, 15) is 13.2 Å². The summed E-state index contributed by atoms with van der Waals surface area (Å²) in [5, 5.41) is 0. The predicted molar refractivity (Wildman–Crippen MR) is 73.3 cm³/mol. The van der Waals surface area contributed by atoms with Crippen molar-refractivity contribution < 1.29 is 17.3 Å². The van der Waals surface area contributed by atoms with Crippen LogP contribution < -0.4 is 0 Å². The second-order valence-corrected chi connectivity index (χ2v) is 6.87. The molecule has 0 aromatic heterocycles. The molecule has 0 nitrogen and oxygen atoms in total. The second kappa shape index (κ2) is 4.84. The van der Waals surface area contributed by atoms with Gasteiger partial charge in [0.2, 0.25) is 0 Å². The first kappa shape index (κ1) is 11.8. The van der Waals surface area contributed by atoms with Crippen molar-refractivity contribution in [2.24, 2.45) is 5.41 Å². The highest BCUT2D eigenvalue weighted by Crippen LogP contribution is 2.36. The van der Waals surface area contributed by atoms with E-state index in [1.54, 1.807) is 41.5 Å². The van der Waals surface area contributed by atoms with Crippen molar-refractivity contribution in [2.75, 3.05) is 0 Å². The molecule has 19 heavy (non-hydrogen) atoms. The molecule has 0 fully saturated rings. The summed E-state index contributed by atoms with van der Waals surface area (Å²) in [6.07, 6.45) is -5.55. The Balaban J connectivity index is 3.84. The summed E-state index contributed by atoms with van der Waals surface area (Å²) in [4.78, 5) is 0. The van der Waals surface area contributed by atoms with E-state index in [1.165, 1.54) is 0 Å². The van der Waals surface area contributed by atoms with Crippen LogP contribution in [0.1, 0.15) is 62.3 Å². The van der Waals surface area contributed by atoms with Gasteiger partial charge in [0.15, 0.2) is 0 Å². The Hall–Kier alpha value is -0.990. The monoisotopic (exact) mass is 275 g/mol. The minimum absolute atomic E-state index is 0.141. The number of benzene rings is 1. The summed E-state index contributed by atoms with van der Waals surface area (Å²) in [6, 6.07) is -0.254. The maximum Gasteiger partial charge on any atom is 0.416 e. The minimum atomic E-state index is -4.68. The molecular weight excluding hydrogens is 249 g/mol. The Kier molecular flexibility index (Phi) is 3.01. The molecule has 0 aliphatic heterocycles. The summed E-state index contributed by atoms with van der Waals surface area (Å²) in [6.45, 7) is 10.5. The van der Waals surface area contributed by atoms with Crippen molar-refractivity contribution in [1.82, 2.24) is 0 Å². The van der Waals surface area contributed by atoms with E-state index in [0.717, 1.165) is 0 Å². The van der Waals surface area contributed by atoms with E-state index < -0.39 is 35.0 Å². The zero-order valence-corrected chi connectivity index (χ0v) is 12.3. The van der Waals surface area contributed by atoms with Crippen LogP contribution in [0.25, 0.3) is 0 Å². The molecule has 0 aliphatic carbocycles. The van der Waals surface area contributed by atoms with Crippen LogP contribution in [0.5, 0.6) is 0 Å². The second-order valence-electron chi connectivity index (χ2n) is 6.87. The van der Waals surface area contributed by atoms with Crippen LogP contribution in [0, 0.1) is 5.41 Å². The van der Waals surface area contributed by atoms with E-state index >= 15 is 0 Å². The van der Waals surface area contributed by atoms with Gasteiger partial charge >= 0.3 is 6.18 Å². The summed E-state index contributed by atoms with van der Waals surface area (Å²) in [5.41, 5.74) is -2.04. The number of alkyl halides is 3. The highest BCUT2D eigenvalue weighted by molar-refractivity contribution is 5.38. The Morgan fingerprint density at radius 2 is 1.63 bits per heavy atom. The molecule has 1 atom stereocenters. The summed E-state index contributed by atoms with van der Waals surface area (Å²) >= 11 is 0. The van der Waals surface area contributed by atoms with Gasteiger partial charge in [-0.1, -0.05) is 47.6 Å². The van der Waals surface area contributed by atoms with Crippen LogP contribution in [-0.2, 0) is 18.0 Å². The first-order valence-corrected chi connectivity index (χ1v) is 6.22. The molecule has 3 heteroatoms. The van der Waals surface area contributed by atoms with Crippen LogP contribution in [0.15, 0.2) is 18.2 Å². The number of hydrogen-bond acceptors (Lipinski definition) is 0. The van der Waals surface area contributed by atoms with Crippen molar-refractivity contribution in [1.29, 1.82) is 0 Å². The lowest BCUT2D eigenvalue weighted by atomic mass is 9.78. The maximum atomic E-state index is 13.1. The van der Waals surface area contributed by atoms with Gasteiger partial charge in [0.1, 0.15) is 0 Å². The molecular formula is C16H23F3. The fourth-order valence-corrected chi connectivity index (χ4v) is 1.75. The Morgan fingerprint density at radius 1 is 1.11 bits per heavy atom. The summed E-state index contributed by atoms with van der Waals surface area (Å²) in [7, 11) is 0. The van der Waals surface area contributed by atoms with Crippen LogP contribution in [-0.4, -0.2) is 0 Å². The van der Waals surface area contributed by atoms with Crippen LogP contribution in [0.4, 0.5) is 13.2 Å². The largest absolute Gasteiger partial charge is 0.416 e. The van der Waals surface area contributed by atoms with Gasteiger partial charge in [-0.25, -0.2) is 0 Å². The molecule has 0 spiro atoms. The van der Waals surface area contributed by atoms with Gasteiger partial charge in [-0.05, 0) is 40.5 Å². The van der Waals surface area contributed by atoms with Crippen molar-refractivity contribution in [2.45, 2.75) is 59.5 Å². The molecule has 0 heterocycles. The van der Waals surface area contributed by atoms with Crippen molar-refractivity contribution in [3.63, 3.8) is 0 Å². The average Bonchev–Trinajstić information content (AvgIpc) is 2.25. The van der Waals surface area contributed by atoms with Gasteiger partial charge in [-0.3, -0.25) is 0 Å². The molecule has 0 bridgehead atoms. The zero-order chi connectivity index (χ0) is 17.7. The lowest BCUT2D eigenvalue weighted by molar-refractivity contribution is -0.137. The van der Waals surface area contributed by atoms with Gasteiger partial charge in [0.25, 0.3) is 0 Å². The third-order valence-corrected chi connectivity index (χ3v) is 2.53. The van der Waals surface area contributed by atoms with E-state index in [4.69, 9.17) is 4.11 Å². The Labute approximate surface area is 118 Å². The quantitative estimate of drug-likeness (QED) is 0.626. The van der Waals surface area contributed by atoms with Gasteiger partial charge in [-0.15, -0.1) is 0 Å². The molecule has 0 saturated carbocycles. The zero-order valence-electron chi connectivity index (χ0n) is 15.3. The van der Waals surface area contributed by atoms with Crippen LogP contribution in [0.3, 0.4) is 0 Å². The van der Waals surface area contributed by atoms with Gasteiger partial charge in [0, 0.05) is 1.37 Å². The van der Waals surface area contributed by atoms with Gasteiger partial charge < -0.3 is 0 Å². The summed E-state index contributed by atoms with van der Waals surface area (Å²) < 4.78 is 63.7. The average molecular weight is 275 g/mol. The first-order valence-electron chi connectivity index (χ1n) is 7.80. The van der Waals surface area contributed by atoms with Crippen molar-refractivity contribution >= 4 is 0 Å². The van der Waals surface area contributed by atoms with Crippen molar-refractivity contribution in [3.05, 3.63) is 34.8 Å². The van der Waals surface area contributed by atoms with Gasteiger partial charge in [0.05, 0.1) is 8.30 Å². The molecule has 1 aromatic carbocycles. The number of hydrogen-bond donors (Lipinski definition) is 0. The van der Waals surface area contributed by atoms with E-state index in [-0.39, 0.29) is 17.2 Å². The molecule has 0 amide bonds. The van der Waals surface area contributed by atoms with Crippen LogP contribution in [0.2, 0.25) is 0 Å². The maximum absolute atomic E-state index is 13.1. The molecule has 0 saturated heterocycles. The lowest BCUT2D eigenvalue weighted by Gasteiger charge is -2.28. The molecule has 1 unspecified atom stereocenters. The van der Waals surface area contributed by atoms with E-state index in [1.807, 2.05) is 0 Å². The smallest absolute Gasteiger partial charge is 0.166 e. The van der Waals surface area contributed by atoms with E-state index in [2.05, 4.69) is 0 Å². The number of rotatable bonds is 1. The summed E-state index contributed by atoms with van der Waals surface area (Å²) in [5.74, 6) is 0. The van der Waals surface area contributed by atoms with Crippen LogP contribution >= 0.6 is 0 Å². The third kappa shape index (κ3) is 4.55. The Morgan fingerprint density at radius 3 is 2.00 bits per heavy atom. The molecule has 108 valence electrons. The number of halogens is 3. The fourth-order valence-electron chi connectivity index (χ4n) is 1.75. The topological polar surface area (TPSA) is 0 Å². The highest BCUT2D eigenvalue weighted by Gasteiger charge is 2.32.